The van der Waals surface area contributed by atoms with Gasteiger partial charge in [-0.25, -0.2) is 4.98 Å². The summed E-state index contributed by atoms with van der Waals surface area (Å²) in [7, 11) is 1.96. The summed E-state index contributed by atoms with van der Waals surface area (Å²) < 4.78 is 2.02. The summed E-state index contributed by atoms with van der Waals surface area (Å²) in [5.74, 6) is 1.05. The van der Waals surface area contributed by atoms with Crippen molar-refractivity contribution in [1.82, 2.24) is 14.5 Å². The number of carbonyl (C=O) groups is 1. The molecule has 0 aliphatic rings. The normalized spacial score (nSPS) is 12.5. The largest absolute Gasteiger partial charge is 0.351 e. The van der Waals surface area contributed by atoms with Crippen LogP contribution in [0.15, 0.2) is 35.1 Å². The van der Waals surface area contributed by atoms with E-state index in [4.69, 9.17) is 0 Å². The van der Waals surface area contributed by atoms with Crippen LogP contribution in [-0.2, 0) is 7.05 Å². The minimum Gasteiger partial charge on any atom is -0.351 e. The Morgan fingerprint density at radius 3 is 2.72 bits per heavy atom. The molecule has 25 heavy (non-hydrogen) atoms. The zero-order valence-electron chi connectivity index (χ0n) is 14.8. The summed E-state index contributed by atoms with van der Waals surface area (Å²) in [5, 5.41) is 0.501. The van der Waals surface area contributed by atoms with Crippen molar-refractivity contribution >= 4 is 28.4 Å². The standard InChI is InChI=1S/C19H21N3O2S/c1-11-9-15(12(2)22(11)4)17(23)10-25-13(3)18-20-16-8-6-5-7-14(16)19(24)21-18/h5-9,13H,10H2,1-4H3,(H,20,21,24)/t13-/m0/s1. The average Bonchev–Trinajstić information content (AvgIpc) is 2.87. The van der Waals surface area contributed by atoms with E-state index in [-0.39, 0.29) is 16.6 Å². The molecule has 0 saturated carbocycles. The molecule has 0 saturated heterocycles. The zero-order chi connectivity index (χ0) is 18.1. The summed E-state index contributed by atoms with van der Waals surface area (Å²) in [6, 6.07) is 9.19. The molecule has 0 aliphatic heterocycles. The first-order valence-corrected chi connectivity index (χ1v) is 9.20. The van der Waals surface area contributed by atoms with E-state index in [0.29, 0.717) is 22.5 Å². The lowest BCUT2D eigenvalue weighted by Gasteiger charge is -2.11. The van der Waals surface area contributed by atoms with Crippen LogP contribution in [0.1, 0.15) is 39.7 Å². The van der Waals surface area contributed by atoms with Crippen LogP contribution in [0.5, 0.6) is 0 Å². The predicted octanol–water partition coefficient (Wildman–Crippen LogP) is 3.56. The Hall–Kier alpha value is -2.34. The molecule has 130 valence electrons. The van der Waals surface area contributed by atoms with E-state index >= 15 is 0 Å². The number of thioether (sulfide) groups is 1. The molecular formula is C19H21N3O2S. The number of nitrogens with zero attached hydrogens (tertiary/aromatic N) is 2. The number of rotatable bonds is 5. The molecule has 3 rings (SSSR count). The van der Waals surface area contributed by atoms with Crippen molar-refractivity contribution in [2.24, 2.45) is 7.05 Å². The van der Waals surface area contributed by atoms with Gasteiger partial charge < -0.3 is 9.55 Å². The van der Waals surface area contributed by atoms with Crippen LogP contribution < -0.4 is 5.56 Å². The number of benzene rings is 1. The number of nitrogens with one attached hydrogen (secondary N) is 1. The summed E-state index contributed by atoms with van der Waals surface area (Å²) in [6.45, 7) is 5.90. The number of aromatic amines is 1. The van der Waals surface area contributed by atoms with E-state index in [1.165, 1.54) is 11.8 Å². The lowest BCUT2D eigenvalue weighted by molar-refractivity contribution is 0.102. The predicted molar refractivity (Wildman–Crippen MR) is 102 cm³/mol. The molecule has 0 fully saturated rings. The number of Topliss-reactive ketones (excluding diaryl/α,β-unsaturated/α-hetero) is 1. The molecule has 0 unspecified atom stereocenters. The van der Waals surface area contributed by atoms with E-state index in [1.54, 1.807) is 6.07 Å². The van der Waals surface area contributed by atoms with Crippen LogP contribution in [0.2, 0.25) is 0 Å². The molecule has 3 aromatic rings. The highest BCUT2D eigenvalue weighted by molar-refractivity contribution is 8.00. The van der Waals surface area contributed by atoms with Crippen molar-refractivity contribution in [3.05, 3.63) is 63.5 Å². The first kappa shape index (κ1) is 17.5. The first-order valence-electron chi connectivity index (χ1n) is 8.15. The molecule has 1 N–H and O–H groups in total. The summed E-state index contributed by atoms with van der Waals surface area (Å²) in [5.41, 5.74) is 3.34. The van der Waals surface area contributed by atoms with Crippen molar-refractivity contribution < 1.29 is 4.79 Å². The average molecular weight is 355 g/mol. The Labute approximate surface area is 150 Å². The third kappa shape index (κ3) is 3.39. The highest BCUT2D eigenvalue weighted by Crippen LogP contribution is 2.27. The van der Waals surface area contributed by atoms with Crippen LogP contribution in [-0.4, -0.2) is 26.1 Å². The molecule has 0 bridgehead atoms. The van der Waals surface area contributed by atoms with Gasteiger partial charge in [0, 0.05) is 24.0 Å². The van der Waals surface area contributed by atoms with Gasteiger partial charge in [-0.3, -0.25) is 9.59 Å². The maximum Gasteiger partial charge on any atom is 0.258 e. The molecule has 0 amide bonds. The Morgan fingerprint density at radius 2 is 2.04 bits per heavy atom. The van der Waals surface area contributed by atoms with E-state index in [0.717, 1.165) is 17.0 Å². The van der Waals surface area contributed by atoms with Gasteiger partial charge in [0.25, 0.3) is 5.56 Å². The second kappa shape index (κ2) is 6.88. The molecule has 1 atom stereocenters. The first-order chi connectivity index (χ1) is 11.9. The fourth-order valence-electron chi connectivity index (χ4n) is 2.79. The van der Waals surface area contributed by atoms with Gasteiger partial charge in [0.15, 0.2) is 5.78 Å². The number of aryl methyl sites for hydroxylation is 1. The van der Waals surface area contributed by atoms with Crippen molar-refractivity contribution in [1.29, 1.82) is 0 Å². The summed E-state index contributed by atoms with van der Waals surface area (Å²) in [4.78, 5) is 32.1. The summed E-state index contributed by atoms with van der Waals surface area (Å²) >= 11 is 1.48. The molecule has 0 spiro atoms. The van der Waals surface area contributed by atoms with Gasteiger partial charge in [-0.2, -0.15) is 0 Å². The van der Waals surface area contributed by atoms with Crippen molar-refractivity contribution in [2.75, 3.05) is 5.75 Å². The number of para-hydroxylation sites is 1. The van der Waals surface area contributed by atoms with Crippen LogP contribution in [0.4, 0.5) is 0 Å². The van der Waals surface area contributed by atoms with Crippen molar-refractivity contribution in [3.63, 3.8) is 0 Å². The number of aromatic nitrogens is 3. The minimum atomic E-state index is -0.145. The fourth-order valence-corrected chi connectivity index (χ4v) is 3.62. The molecule has 2 aromatic heterocycles. The van der Waals surface area contributed by atoms with Gasteiger partial charge in [-0.05, 0) is 39.0 Å². The number of carbonyl (C=O) groups excluding carboxylic acids is 1. The van der Waals surface area contributed by atoms with Crippen LogP contribution >= 0.6 is 11.8 Å². The van der Waals surface area contributed by atoms with Crippen molar-refractivity contribution in [3.8, 4) is 0 Å². The van der Waals surface area contributed by atoms with E-state index in [1.807, 2.05) is 56.7 Å². The van der Waals surface area contributed by atoms with Gasteiger partial charge in [0.1, 0.15) is 5.82 Å². The molecule has 6 heteroatoms. The minimum absolute atomic E-state index is 0.0774. The van der Waals surface area contributed by atoms with E-state index < -0.39 is 0 Å². The molecule has 0 aliphatic carbocycles. The number of hydrogen-bond acceptors (Lipinski definition) is 4. The Bertz CT molecular complexity index is 1000. The van der Waals surface area contributed by atoms with Crippen molar-refractivity contribution in [2.45, 2.75) is 26.0 Å². The molecule has 0 radical (unpaired) electrons. The lowest BCUT2D eigenvalue weighted by Crippen LogP contribution is -2.13. The molecule has 1 aromatic carbocycles. The lowest BCUT2D eigenvalue weighted by atomic mass is 10.2. The monoisotopic (exact) mass is 355 g/mol. The highest BCUT2D eigenvalue weighted by Gasteiger charge is 2.17. The molecule has 5 nitrogen and oxygen atoms in total. The van der Waals surface area contributed by atoms with Gasteiger partial charge in [-0.1, -0.05) is 12.1 Å². The molecular weight excluding hydrogens is 334 g/mol. The maximum atomic E-state index is 12.5. The quantitative estimate of drug-likeness (QED) is 0.711. The Kier molecular flexibility index (Phi) is 4.81. The van der Waals surface area contributed by atoms with Crippen LogP contribution in [0.25, 0.3) is 10.9 Å². The SMILES string of the molecule is Cc1cc(C(=O)CS[C@@H](C)c2nc3ccccc3c(=O)[nH]2)c(C)n1C. The number of H-pyrrole nitrogens is 1. The Balaban J connectivity index is 1.76. The highest BCUT2D eigenvalue weighted by atomic mass is 32.2. The van der Waals surface area contributed by atoms with Crippen LogP contribution in [0.3, 0.4) is 0 Å². The van der Waals surface area contributed by atoms with Gasteiger partial charge >= 0.3 is 0 Å². The second-order valence-electron chi connectivity index (χ2n) is 6.19. The van der Waals surface area contributed by atoms with Gasteiger partial charge in [0.05, 0.1) is 21.9 Å². The number of ketones is 1. The smallest absolute Gasteiger partial charge is 0.258 e. The van der Waals surface area contributed by atoms with E-state index in [2.05, 4.69) is 9.97 Å². The zero-order valence-corrected chi connectivity index (χ0v) is 15.6. The summed E-state index contributed by atoms with van der Waals surface area (Å²) in [6.07, 6.45) is 0. The fraction of sp³-hybridized carbons (Fsp3) is 0.316. The topological polar surface area (TPSA) is 67.8 Å². The molecule has 2 heterocycles. The van der Waals surface area contributed by atoms with Crippen LogP contribution in [0, 0.1) is 13.8 Å². The van der Waals surface area contributed by atoms with Gasteiger partial charge in [0.2, 0.25) is 0 Å². The third-order valence-electron chi connectivity index (χ3n) is 4.56. The maximum absolute atomic E-state index is 12.5. The second-order valence-corrected chi connectivity index (χ2v) is 7.52. The number of hydrogen-bond donors (Lipinski definition) is 1. The van der Waals surface area contributed by atoms with E-state index in [9.17, 15) is 9.59 Å². The Morgan fingerprint density at radius 1 is 1.32 bits per heavy atom. The third-order valence-corrected chi connectivity index (χ3v) is 5.71. The van der Waals surface area contributed by atoms with Gasteiger partial charge in [-0.15, -0.1) is 11.8 Å². The number of fused-ring (bicyclic) bond motifs is 1.